The highest BCUT2D eigenvalue weighted by molar-refractivity contribution is 5.97. The Morgan fingerprint density at radius 2 is 1.16 bits per heavy atom. The standard InChI is InChI=1S/C25H35N3O5.C19H37NO2.C13H28.C4H7NO.C2H4/c1-4-22(29)21-14-10-16-28(21)23(30)17-27(3)24(31)19(2)11-8-9-15-26-25(32)33-18-20-12-6-5-7-13-20;1-4-5-6-7-8-9-10-11-12-13-16-20-19(22)15-14-17(2)18(3)21;1-3-5-7-9-11-13-12-10-8-6-4-2;1-2-4(6)3-5;1-2/h4-7,12-13,19,21H,1,8-11,14-18H2,2-3H3,(H,26,32);17H,4-16H2,1-3H3,(H,20,22);3-13H2,1-2H3;2H,1,3,5H2;1-2H2. The molecule has 0 bridgehead atoms. The van der Waals surface area contributed by atoms with Crippen LogP contribution in [0.2, 0.25) is 0 Å². The van der Waals surface area contributed by atoms with E-state index in [0.717, 1.165) is 37.8 Å². The molecule has 4 amide bonds. The van der Waals surface area contributed by atoms with E-state index in [1.807, 2.05) is 44.2 Å². The molecule has 13 heteroatoms. The van der Waals surface area contributed by atoms with Gasteiger partial charge in [0.1, 0.15) is 12.4 Å². The van der Waals surface area contributed by atoms with Gasteiger partial charge in [0.15, 0.2) is 11.6 Å². The molecule has 76 heavy (non-hydrogen) atoms. The number of likely N-dealkylation sites (N-methyl/N-ethyl adjacent to an activating group) is 1. The molecule has 1 aromatic carbocycles. The fraction of sp³-hybridized carbons (Fsp3) is 0.698. The number of carbonyl (C=O) groups is 7. The summed E-state index contributed by atoms with van der Waals surface area (Å²) in [5, 5.41) is 5.66. The van der Waals surface area contributed by atoms with Gasteiger partial charge in [-0.15, -0.1) is 13.2 Å². The molecule has 0 aromatic heterocycles. The lowest BCUT2D eigenvalue weighted by Crippen LogP contribution is -2.46. The zero-order valence-electron chi connectivity index (χ0n) is 49.4. The summed E-state index contributed by atoms with van der Waals surface area (Å²) in [6.45, 7) is 26.9. The lowest BCUT2D eigenvalue weighted by Gasteiger charge is -2.27. The first-order valence-corrected chi connectivity index (χ1v) is 29.4. The molecule has 1 aliphatic rings. The third kappa shape index (κ3) is 45.3. The average molecular weight is 1070 g/mol. The maximum absolute atomic E-state index is 12.6. The Labute approximate surface area is 463 Å². The summed E-state index contributed by atoms with van der Waals surface area (Å²) in [5.41, 5.74) is 5.79. The molecule has 1 saturated heterocycles. The number of benzene rings is 1. The number of rotatable bonds is 39. The number of alkyl carbamates (subject to hydrolysis) is 1. The number of hydrogen-bond acceptors (Lipinski definition) is 9. The number of Topliss-reactive ketones (excluding diaryl/α,β-unsaturated/α-hetero) is 1. The maximum Gasteiger partial charge on any atom is 0.407 e. The molecule has 1 heterocycles. The topological polar surface area (TPSA) is 185 Å². The zero-order chi connectivity index (χ0) is 57.6. The fourth-order valence-corrected chi connectivity index (χ4v) is 8.21. The Bertz CT molecular complexity index is 1650. The summed E-state index contributed by atoms with van der Waals surface area (Å²) in [4.78, 5) is 84.6. The Hall–Kier alpha value is -4.91. The van der Waals surface area contributed by atoms with Crippen LogP contribution in [0.5, 0.6) is 0 Å². The summed E-state index contributed by atoms with van der Waals surface area (Å²) in [5.74, 6) is -0.569. The first-order valence-electron chi connectivity index (χ1n) is 29.4. The number of hydrogen-bond donors (Lipinski definition) is 3. The summed E-state index contributed by atoms with van der Waals surface area (Å²) in [6, 6.07) is 9.00. The van der Waals surface area contributed by atoms with Crippen LogP contribution in [0.3, 0.4) is 0 Å². The van der Waals surface area contributed by atoms with Crippen molar-refractivity contribution in [2.75, 3.05) is 39.8 Å². The third-order valence-electron chi connectivity index (χ3n) is 13.3. The molecule has 1 fully saturated rings. The van der Waals surface area contributed by atoms with Gasteiger partial charge in [-0.05, 0) is 63.2 Å². The average Bonchev–Trinajstić information content (AvgIpc) is 3.94. The van der Waals surface area contributed by atoms with Crippen LogP contribution in [0, 0.1) is 11.8 Å². The van der Waals surface area contributed by atoms with E-state index in [1.165, 1.54) is 145 Å². The van der Waals surface area contributed by atoms with E-state index in [-0.39, 0.29) is 66.6 Å². The summed E-state index contributed by atoms with van der Waals surface area (Å²) in [7, 11) is 1.61. The van der Waals surface area contributed by atoms with Crippen LogP contribution in [0.15, 0.2) is 68.8 Å². The van der Waals surface area contributed by atoms with Crippen molar-refractivity contribution in [3.63, 3.8) is 0 Å². The fourth-order valence-electron chi connectivity index (χ4n) is 8.21. The second-order valence-electron chi connectivity index (χ2n) is 20.1. The molecule has 0 spiro atoms. The smallest absolute Gasteiger partial charge is 0.407 e. The molecule has 0 aliphatic carbocycles. The molecule has 1 aliphatic heterocycles. The van der Waals surface area contributed by atoms with Crippen molar-refractivity contribution >= 4 is 41.2 Å². The van der Waals surface area contributed by atoms with Gasteiger partial charge in [0.05, 0.1) is 19.1 Å². The monoisotopic (exact) mass is 1070 g/mol. The number of ketones is 3. The van der Waals surface area contributed by atoms with E-state index in [1.54, 1.807) is 18.9 Å². The molecule has 3 unspecified atom stereocenters. The Kier molecular flexibility index (Phi) is 54.4. The van der Waals surface area contributed by atoms with Gasteiger partial charge in [-0.3, -0.25) is 28.8 Å². The van der Waals surface area contributed by atoms with Gasteiger partial charge < -0.3 is 30.9 Å². The van der Waals surface area contributed by atoms with Gasteiger partial charge in [0.25, 0.3) is 0 Å². The van der Waals surface area contributed by atoms with Crippen molar-refractivity contribution in [2.24, 2.45) is 17.6 Å². The van der Waals surface area contributed by atoms with E-state index in [9.17, 15) is 33.6 Å². The zero-order valence-corrected chi connectivity index (χ0v) is 49.4. The van der Waals surface area contributed by atoms with E-state index >= 15 is 0 Å². The van der Waals surface area contributed by atoms with Crippen LogP contribution < -0.4 is 16.4 Å². The Morgan fingerprint density at radius 3 is 1.61 bits per heavy atom. The normalized spacial score (nSPS) is 12.9. The van der Waals surface area contributed by atoms with Gasteiger partial charge in [-0.2, -0.15) is 0 Å². The first kappa shape index (κ1) is 75.3. The van der Waals surface area contributed by atoms with Crippen LogP contribution in [0.4, 0.5) is 4.79 Å². The molecule has 0 saturated carbocycles. The molecule has 4 N–H and O–H groups in total. The second-order valence-corrected chi connectivity index (χ2v) is 20.1. The number of ether oxygens (including phenoxy) is 1. The Balaban J connectivity index is -0.00000106. The molecular weight excluding hydrogens is 955 g/mol. The number of nitrogens with one attached hydrogen (secondary N) is 2. The predicted octanol–water partition coefficient (Wildman–Crippen LogP) is 13.8. The third-order valence-corrected chi connectivity index (χ3v) is 13.3. The van der Waals surface area contributed by atoms with Crippen LogP contribution in [-0.4, -0.2) is 96.8 Å². The van der Waals surface area contributed by atoms with Gasteiger partial charge in [-0.1, -0.05) is 213 Å². The van der Waals surface area contributed by atoms with Crippen molar-refractivity contribution in [3.05, 3.63) is 74.4 Å². The minimum atomic E-state index is -0.462. The van der Waals surface area contributed by atoms with Gasteiger partial charge >= 0.3 is 6.09 Å². The van der Waals surface area contributed by atoms with Crippen LogP contribution in [-0.2, 0) is 40.1 Å². The highest BCUT2D eigenvalue weighted by Crippen LogP contribution is 2.20. The molecule has 0 radical (unpaired) electrons. The first-order chi connectivity index (χ1) is 36.6. The highest BCUT2D eigenvalue weighted by atomic mass is 16.5. The van der Waals surface area contributed by atoms with Gasteiger partial charge in [-0.25, -0.2) is 4.79 Å². The molecular formula is C63H111N5O8. The second kappa shape index (κ2) is 54.9. The van der Waals surface area contributed by atoms with Gasteiger partial charge in [0, 0.05) is 44.9 Å². The highest BCUT2D eigenvalue weighted by Gasteiger charge is 2.33. The van der Waals surface area contributed by atoms with E-state index in [0.29, 0.717) is 38.8 Å². The van der Waals surface area contributed by atoms with Crippen molar-refractivity contribution in [1.29, 1.82) is 0 Å². The summed E-state index contributed by atoms with van der Waals surface area (Å²) >= 11 is 0. The molecule has 1 aromatic rings. The largest absolute Gasteiger partial charge is 0.445 e. The quantitative estimate of drug-likeness (QED) is 0.0328. The van der Waals surface area contributed by atoms with Crippen molar-refractivity contribution in [2.45, 2.75) is 234 Å². The van der Waals surface area contributed by atoms with Gasteiger partial charge in [0.2, 0.25) is 17.7 Å². The number of unbranched alkanes of at least 4 members (excludes halogenated alkanes) is 20. The van der Waals surface area contributed by atoms with E-state index in [2.05, 4.69) is 57.7 Å². The van der Waals surface area contributed by atoms with Crippen molar-refractivity contribution in [1.82, 2.24) is 20.4 Å². The summed E-state index contributed by atoms with van der Waals surface area (Å²) < 4.78 is 5.16. The SMILES string of the molecule is C=C.C=CC(=O)C1CCCN1C(=O)CN(C)C(=O)C(C)CCCCNC(=O)OCc1ccccc1.C=CC(=O)CN.CCCCCCCCCCCCC.CCCCCCCCCCCCNC(=O)CCC(C)C(C)=O. The van der Waals surface area contributed by atoms with Crippen molar-refractivity contribution < 1.29 is 38.3 Å². The lowest BCUT2D eigenvalue weighted by atomic mass is 10.0. The molecule has 436 valence electrons. The number of likely N-dealkylation sites (tertiary alicyclic amines) is 1. The van der Waals surface area contributed by atoms with Crippen LogP contribution >= 0.6 is 0 Å². The number of amides is 4. The van der Waals surface area contributed by atoms with Crippen molar-refractivity contribution in [3.8, 4) is 0 Å². The van der Waals surface area contributed by atoms with Crippen LogP contribution in [0.25, 0.3) is 0 Å². The number of carbonyl (C=O) groups excluding carboxylic acids is 7. The minimum Gasteiger partial charge on any atom is -0.445 e. The number of nitrogens with two attached hydrogens (primary N) is 1. The van der Waals surface area contributed by atoms with E-state index in [4.69, 9.17) is 10.5 Å². The molecule has 2 rings (SSSR count). The lowest BCUT2D eigenvalue weighted by molar-refractivity contribution is -0.143. The Morgan fingerprint density at radius 1 is 0.684 bits per heavy atom. The molecule has 3 atom stereocenters. The van der Waals surface area contributed by atoms with Crippen LogP contribution in [0.1, 0.15) is 227 Å². The minimum absolute atomic E-state index is 0.00285. The maximum atomic E-state index is 12.6. The summed E-state index contributed by atoms with van der Waals surface area (Å²) in [6.07, 6.45) is 35.7. The predicted molar refractivity (Wildman–Crippen MR) is 317 cm³/mol. The van der Waals surface area contributed by atoms with E-state index < -0.39 is 12.1 Å². The number of nitrogens with zero attached hydrogens (tertiary/aromatic N) is 2. The molecule has 13 nitrogen and oxygen atoms in total.